The van der Waals surface area contributed by atoms with E-state index in [-0.39, 0.29) is 24.2 Å². The minimum atomic E-state index is -2.95. The number of carbonyl (C=O) groups excluding carboxylic acids is 2. The van der Waals surface area contributed by atoms with Crippen LogP contribution >= 0.6 is 0 Å². The van der Waals surface area contributed by atoms with Crippen molar-refractivity contribution in [3.05, 3.63) is 60.2 Å². The fourth-order valence-corrected chi connectivity index (χ4v) is 3.58. The van der Waals surface area contributed by atoms with Crippen LogP contribution in [0.4, 0.5) is 8.78 Å². The Hall–Kier alpha value is -3.62. The lowest BCUT2D eigenvalue weighted by atomic mass is 10.2. The van der Waals surface area contributed by atoms with Gasteiger partial charge < -0.3 is 24.0 Å². The summed E-state index contributed by atoms with van der Waals surface area (Å²) >= 11 is 0. The Morgan fingerprint density at radius 3 is 2.38 bits per heavy atom. The van der Waals surface area contributed by atoms with Crippen LogP contribution in [0.25, 0.3) is 6.08 Å². The topological polar surface area (TPSA) is 68.3 Å². The van der Waals surface area contributed by atoms with E-state index >= 15 is 0 Å². The molecule has 2 aromatic carbocycles. The predicted molar refractivity (Wildman–Crippen MR) is 112 cm³/mol. The van der Waals surface area contributed by atoms with Gasteiger partial charge in [0.2, 0.25) is 12.0 Å². The van der Waals surface area contributed by atoms with E-state index in [0.717, 1.165) is 0 Å². The lowest BCUT2D eigenvalue weighted by Crippen LogP contribution is -2.54. The molecule has 2 aliphatic heterocycles. The molecule has 0 aliphatic carbocycles. The van der Waals surface area contributed by atoms with Crippen LogP contribution in [0.2, 0.25) is 0 Å². The third kappa shape index (κ3) is 4.99. The quantitative estimate of drug-likeness (QED) is 0.664. The summed E-state index contributed by atoms with van der Waals surface area (Å²) in [5.41, 5.74) is 0.379. The maximum absolute atomic E-state index is 12.8. The molecule has 9 heteroatoms. The normalized spacial score (nSPS) is 18.2. The largest absolute Gasteiger partial charge is 0.485 e. The number of amides is 2. The highest BCUT2D eigenvalue weighted by atomic mass is 19.3. The molecule has 1 atom stereocenters. The van der Waals surface area contributed by atoms with Crippen molar-refractivity contribution >= 4 is 17.9 Å². The molecule has 2 heterocycles. The molecule has 0 radical (unpaired) electrons. The van der Waals surface area contributed by atoms with Crippen molar-refractivity contribution in [3.8, 4) is 17.2 Å². The van der Waals surface area contributed by atoms with Gasteiger partial charge in [0, 0.05) is 37.8 Å². The van der Waals surface area contributed by atoms with Crippen LogP contribution in [-0.4, -0.2) is 67.1 Å². The fraction of sp³-hybridized carbons (Fsp3) is 0.304. The Balaban J connectivity index is 1.31. The molecular weight excluding hydrogens is 422 g/mol. The summed E-state index contributed by atoms with van der Waals surface area (Å²) in [7, 11) is 0. The highest BCUT2D eigenvalue weighted by molar-refractivity contribution is 5.92. The van der Waals surface area contributed by atoms with Gasteiger partial charge in [0.25, 0.3) is 5.91 Å². The number of para-hydroxylation sites is 3. The van der Waals surface area contributed by atoms with Gasteiger partial charge in [0.15, 0.2) is 11.5 Å². The standard InChI is InChI=1S/C23H22F2N2O5/c24-23(25)32-17-6-2-1-5-16(17)9-10-21(28)26-11-13-27(14-12-26)22(29)20-15-30-18-7-3-4-8-19(18)31-20/h1-10,20,23H,11-15H2/b10-9+. The van der Waals surface area contributed by atoms with Crippen molar-refractivity contribution < 1.29 is 32.6 Å². The number of fused-ring (bicyclic) bond motifs is 1. The predicted octanol–water partition coefficient (Wildman–Crippen LogP) is 2.81. The molecule has 1 saturated heterocycles. The third-order valence-electron chi connectivity index (χ3n) is 5.23. The number of hydrogen-bond donors (Lipinski definition) is 0. The van der Waals surface area contributed by atoms with E-state index in [1.54, 1.807) is 40.1 Å². The highest BCUT2D eigenvalue weighted by Crippen LogP contribution is 2.31. The second kappa shape index (κ2) is 9.67. The minimum Gasteiger partial charge on any atom is -0.485 e. The summed E-state index contributed by atoms with van der Waals surface area (Å²) in [6.07, 6.45) is 2.04. The van der Waals surface area contributed by atoms with E-state index in [1.807, 2.05) is 12.1 Å². The molecule has 32 heavy (non-hydrogen) atoms. The molecule has 7 nitrogen and oxygen atoms in total. The van der Waals surface area contributed by atoms with Crippen LogP contribution in [0.3, 0.4) is 0 Å². The van der Waals surface area contributed by atoms with Gasteiger partial charge in [-0.2, -0.15) is 8.78 Å². The summed E-state index contributed by atoms with van der Waals surface area (Å²) in [5.74, 6) is 0.694. The fourth-order valence-electron chi connectivity index (χ4n) is 3.58. The molecule has 0 N–H and O–H groups in total. The summed E-state index contributed by atoms with van der Waals surface area (Å²) < 4.78 is 40.9. The van der Waals surface area contributed by atoms with Gasteiger partial charge in [-0.25, -0.2) is 0 Å². The van der Waals surface area contributed by atoms with Crippen molar-refractivity contribution in [3.63, 3.8) is 0 Å². The Kier molecular flexibility index (Phi) is 6.53. The number of benzene rings is 2. The summed E-state index contributed by atoms with van der Waals surface area (Å²) in [6.45, 7) is -1.37. The molecule has 0 saturated carbocycles. The molecule has 1 fully saturated rings. The van der Waals surface area contributed by atoms with E-state index in [9.17, 15) is 18.4 Å². The number of rotatable bonds is 5. The number of carbonyl (C=O) groups is 2. The number of nitrogens with zero attached hydrogens (tertiary/aromatic N) is 2. The second-order valence-electron chi connectivity index (χ2n) is 7.26. The molecule has 168 valence electrons. The maximum Gasteiger partial charge on any atom is 0.387 e. The van der Waals surface area contributed by atoms with E-state index in [0.29, 0.717) is 43.2 Å². The Morgan fingerprint density at radius 1 is 0.969 bits per heavy atom. The average Bonchev–Trinajstić information content (AvgIpc) is 2.82. The number of piperazine rings is 1. The van der Waals surface area contributed by atoms with Gasteiger partial charge >= 0.3 is 6.61 Å². The van der Waals surface area contributed by atoms with Crippen molar-refractivity contribution in [2.75, 3.05) is 32.8 Å². The van der Waals surface area contributed by atoms with Crippen LogP contribution in [0, 0.1) is 0 Å². The van der Waals surface area contributed by atoms with Gasteiger partial charge in [-0.1, -0.05) is 30.3 Å². The minimum absolute atomic E-state index is 0.00163. The third-order valence-corrected chi connectivity index (χ3v) is 5.23. The molecule has 0 aromatic heterocycles. The van der Waals surface area contributed by atoms with Crippen LogP contribution in [0.1, 0.15) is 5.56 Å². The number of hydrogen-bond acceptors (Lipinski definition) is 5. The Labute approximate surface area is 183 Å². The molecule has 0 spiro atoms. The second-order valence-corrected chi connectivity index (χ2v) is 7.26. The van der Waals surface area contributed by atoms with Gasteiger partial charge in [-0.15, -0.1) is 0 Å². The van der Waals surface area contributed by atoms with Crippen molar-refractivity contribution in [1.82, 2.24) is 9.80 Å². The van der Waals surface area contributed by atoms with Crippen molar-refractivity contribution in [2.24, 2.45) is 0 Å². The smallest absolute Gasteiger partial charge is 0.387 e. The zero-order chi connectivity index (χ0) is 22.5. The lowest BCUT2D eigenvalue weighted by Gasteiger charge is -2.36. The first-order valence-corrected chi connectivity index (χ1v) is 10.2. The number of ether oxygens (including phenoxy) is 3. The SMILES string of the molecule is O=C(/C=C/c1ccccc1OC(F)F)N1CCN(C(=O)C2COc3ccccc3O2)CC1. The first-order valence-electron chi connectivity index (χ1n) is 10.2. The molecule has 2 aromatic rings. The van der Waals surface area contributed by atoms with Crippen LogP contribution in [0.15, 0.2) is 54.6 Å². The molecule has 0 bridgehead atoms. The molecule has 1 unspecified atom stereocenters. The molecular formula is C23H22F2N2O5. The summed E-state index contributed by atoms with van der Waals surface area (Å²) in [6, 6.07) is 13.4. The van der Waals surface area contributed by atoms with Crippen LogP contribution in [0.5, 0.6) is 17.2 Å². The zero-order valence-corrected chi connectivity index (χ0v) is 17.2. The maximum atomic E-state index is 12.8. The van der Waals surface area contributed by atoms with Crippen LogP contribution in [-0.2, 0) is 9.59 Å². The van der Waals surface area contributed by atoms with E-state index in [1.165, 1.54) is 18.2 Å². The number of halogens is 2. The molecule has 2 aliphatic rings. The summed E-state index contributed by atoms with van der Waals surface area (Å²) in [4.78, 5) is 28.6. The van der Waals surface area contributed by atoms with E-state index < -0.39 is 12.7 Å². The first-order chi connectivity index (χ1) is 15.5. The van der Waals surface area contributed by atoms with Crippen molar-refractivity contribution in [1.29, 1.82) is 0 Å². The Bertz CT molecular complexity index is 1010. The lowest BCUT2D eigenvalue weighted by molar-refractivity contribution is -0.145. The highest BCUT2D eigenvalue weighted by Gasteiger charge is 2.33. The molecule has 4 rings (SSSR count). The monoisotopic (exact) mass is 444 g/mol. The number of alkyl halides is 2. The van der Waals surface area contributed by atoms with Crippen molar-refractivity contribution in [2.45, 2.75) is 12.7 Å². The first kappa shape index (κ1) is 21.6. The van der Waals surface area contributed by atoms with Gasteiger partial charge in [0.1, 0.15) is 12.4 Å². The van der Waals surface area contributed by atoms with E-state index in [4.69, 9.17) is 9.47 Å². The van der Waals surface area contributed by atoms with Crippen LogP contribution < -0.4 is 14.2 Å². The summed E-state index contributed by atoms with van der Waals surface area (Å²) in [5, 5.41) is 0. The molecule has 2 amide bonds. The van der Waals surface area contributed by atoms with Gasteiger partial charge in [-0.3, -0.25) is 9.59 Å². The van der Waals surface area contributed by atoms with Gasteiger partial charge in [-0.05, 0) is 24.3 Å². The Morgan fingerprint density at radius 2 is 1.62 bits per heavy atom. The average molecular weight is 444 g/mol. The van der Waals surface area contributed by atoms with Gasteiger partial charge in [0.05, 0.1) is 0 Å². The van der Waals surface area contributed by atoms with E-state index in [2.05, 4.69) is 4.74 Å². The zero-order valence-electron chi connectivity index (χ0n) is 17.2.